The zero-order valence-electron chi connectivity index (χ0n) is 10.9. The van der Waals surface area contributed by atoms with Crippen LogP contribution in [0.25, 0.3) is 0 Å². The van der Waals surface area contributed by atoms with E-state index in [0.29, 0.717) is 5.76 Å². The number of nitrogens with one attached hydrogen (secondary N) is 1. The molecule has 0 unspecified atom stereocenters. The zero-order chi connectivity index (χ0) is 14.4. The largest absolute Gasteiger partial charge is 0.475 e. The highest BCUT2D eigenvalue weighted by Crippen LogP contribution is 2.08. The molecule has 106 valence electrons. The third kappa shape index (κ3) is 4.29. The molecule has 1 aromatic heterocycles. The van der Waals surface area contributed by atoms with E-state index in [2.05, 4.69) is 5.32 Å². The van der Waals surface area contributed by atoms with Crippen LogP contribution in [0.1, 0.15) is 30.2 Å². The number of urea groups is 1. The number of amides is 2. The van der Waals surface area contributed by atoms with Crippen molar-refractivity contribution in [3.63, 3.8) is 0 Å². The van der Waals surface area contributed by atoms with Crippen LogP contribution in [0, 0.1) is 0 Å². The van der Waals surface area contributed by atoms with Crippen LogP contribution in [0.15, 0.2) is 16.5 Å². The molecule has 0 aliphatic heterocycles. The van der Waals surface area contributed by atoms with Gasteiger partial charge in [-0.3, -0.25) is 0 Å². The average Bonchev–Trinajstić information content (AvgIpc) is 2.81. The Labute approximate surface area is 110 Å². The normalized spacial score (nSPS) is 10.5. The highest BCUT2D eigenvalue weighted by Gasteiger charge is 2.16. The molecule has 0 bridgehead atoms. The molecule has 7 heteroatoms. The van der Waals surface area contributed by atoms with E-state index < -0.39 is 5.97 Å². The maximum Gasteiger partial charge on any atom is 0.371 e. The van der Waals surface area contributed by atoms with E-state index in [1.807, 2.05) is 13.8 Å². The van der Waals surface area contributed by atoms with Crippen LogP contribution in [0.4, 0.5) is 4.79 Å². The van der Waals surface area contributed by atoms with Crippen molar-refractivity contribution in [2.24, 2.45) is 0 Å². The second-order valence-electron chi connectivity index (χ2n) is 4.24. The van der Waals surface area contributed by atoms with Crippen molar-refractivity contribution in [1.82, 2.24) is 10.2 Å². The average molecular weight is 270 g/mol. The summed E-state index contributed by atoms with van der Waals surface area (Å²) in [6.07, 6.45) is 0. The second-order valence-corrected chi connectivity index (χ2v) is 4.24. The van der Waals surface area contributed by atoms with E-state index in [1.54, 1.807) is 0 Å². The molecule has 1 heterocycles. The van der Waals surface area contributed by atoms with E-state index >= 15 is 0 Å². The summed E-state index contributed by atoms with van der Waals surface area (Å²) < 4.78 is 5.01. The summed E-state index contributed by atoms with van der Waals surface area (Å²) in [6.45, 7) is 3.90. The van der Waals surface area contributed by atoms with Crippen LogP contribution >= 0.6 is 0 Å². The van der Waals surface area contributed by atoms with Crippen LogP contribution in [0.5, 0.6) is 0 Å². The molecule has 0 fully saturated rings. The Hall–Kier alpha value is -2.02. The van der Waals surface area contributed by atoms with Crippen molar-refractivity contribution < 1.29 is 24.2 Å². The van der Waals surface area contributed by atoms with E-state index in [-0.39, 0.29) is 37.5 Å². The van der Waals surface area contributed by atoms with Gasteiger partial charge >= 0.3 is 12.0 Å². The number of aliphatic hydroxyl groups excluding tert-OH is 1. The van der Waals surface area contributed by atoms with E-state index in [0.717, 1.165) is 0 Å². The number of carboxylic acid groups (broad SMARTS) is 1. The third-order valence-electron chi connectivity index (χ3n) is 2.51. The first-order valence-electron chi connectivity index (χ1n) is 5.93. The van der Waals surface area contributed by atoms with Gasteiger partial charge < -0.3 is 24.8 Å². The maximum absolute atomic E-state index is 11.8. The molecule has 3 N–H and O–H groups in total. The Kier molecular flexibility index (Phi) is 5.37. The summed E-state index contributed by atoms with van der Waals surface area (Å²) in [5.41, 5.74) is 0. The van der Waals surface area contributed by atoms with Crippen LogP contribution in [0.3, 0.4) is 0 Å². The minimum Gasteiger partial charge on any atom is -0.475 e. The predicted octanol–water partition coefficient (Wildman–Crippen LogP) is 0.890. The minimum atomic E-state index is -1.15. The molecule has 1 aromatic rings. The standard InChI is InChI=1S/C12H18N2O5/c1-8(2)14(5-6-15)12(18)13-7-9-3-4-10(19-9)11(16)17/h3-4,8,15H,5-7H2,1-2H3,(H,13,18)(H,16,17). The first-order chi connectivity index (χ1) is 8.95. The van der Waals surface area contributed by atoms with Gasteiger partial charge in [0.2, 0.25) is 5.76 Å². The monoisotopic (exact) mass is 270 g/mol. The fourth-order valence-electron chi connectivity index (χ4n) is 1.55. The number of rotatable bonds is 6. The van der Waals surface area contributed by atoms with Gasteiger partial charge in [-0.1, -0.05) is 0 Å². The summed E-state index contributed by atoms with van der Waals surface area (Å²) in [5.74, 6) is -0.958. The number of nitrogens with zero attached hydrogens (tertiary/aromatic N) is 1. The molecule has 0 atom stereocenters. The lowest BCUT2D eigenvalue weighted by molar-refractivity contribution is 0.0660. The van der Waals surface area contributed by atoms with E-state index in [4.69, 9.17) is 14.6 Å². The molecule has 0 spiro atoms. The Balaban J connectivity index is 2.54. The smallest absolute Gasteiger partial charge is 0.371 e. The van der Waals surface area contributed by atoms with Gasteiger partial charge in [0, 0.05) is 12.6 Å². The molecule has 0 aliphatic carbocycles. The Morgan fingerprint density at radius 3 is 2.58 bits per heavy atom. The number of hydrogen-bond donors (Lipinski definition) is 3. The summed E-state index contributed by atoms with van der Waals surface area (Å²) in [5, 5.41) is 20.2. The van der Waals surface area contributed by atoms with Crippen LogP contribution in [0.2, 0.25) is 0 Å². The molecule has 2 amide bonds. The first-order valence-corrected chi connectivity index (χ1v) is 5.93. The van der Waals surface area contributed by atoms with Crippen LogP contribution < -0.4 is 5.32 Å². The van der Waals surface area contributed by atoms with Gasteiger partial charge in [-0.2, -0.15) is 0 Å². The number of carbonyl (C=O) groups is 2. The van der Waals surface area contributed by atoms with Gasteiger partial charge in [0.05, 0.1) is 13.2 Å². The van der Waals surface area contributed by atoms with Crippen molar-refractivity contribution in [2.45, 2.75) is 26.4 Å². The summed E-state index contributed by atoms with van der Waals surface area (Å²) in [6, 6.07) is 2.45. The summed E-state index contributed by atoms with van der Waals surface area (Å²) >= 11 is 0. The van der Waals surface area contributed by atoms with Gasteiger partial charge in [-0.25, -0.2) is 9.59 Å². The SMILES string of the molecule is CC(C)N(CCO)C(=O)NCc1ccc(C(=O)O)o1. The molecule has 0 saturated carbocycles. The number of hydrogen-bond acceptors (Lipinski definition) is 4. The minimum absolute atomic E-state index is 0.0432. The second kappa shape index (κ2) is 6.79. The Bertz CT molecular complexity index is 441. The fourth-order valence-corrected chi connectivity index (χ4v) is 1.55. The molecule has 0 aliphatic rings. The van der Waals surface area contributed by atoms with Crippen LogP contribution in [-0.4, -0.2) is 46.3 Å². The predicted molar refractivity (Wildman–Crippen MR) is 66.8 cm³/mol. The van der Waals surface area contributed by atoms with E-state index in [9.17, 15) is 9.59 Å². The van der Waals surface area contributed by atoms with Crippen molar-refractivity contribution in [3.8, 4) is 0 Å². The third-order valence-corrected chi connectivity index (χ3v) is 2.51. The highest BCUT2D eigenvalue weighted by molar-refractivity contribution is 5.84. The molecule has 0 radical (unpaired) electrons. The van der Waals surface area contributed by atoms with Gasteiger partial charge in [0.25, 0.3) is 0 Å². The quantitative estimate of drug-likeness (QED) is 0.712. The number of carboxylic acids is 1. The Morgan fingerprint density at radius 2 is 2.11 bits per heavy atom. The molecular formula is C12H18N2O5. The number of furan rings is 1. The van der Waals surface area contributed by atoms with Crippen LogP contribution in [-0.2, 0) is 6.54 Å². The van der Waals surface area contributed by atoms with Gasteiger partial charge in [-0.05, 0) is 26.0 Å². The van der Waals surface area contributed by atoms with Gasteiger partial charge in [0.1, 0.15) is 5.76 Å². The van der Waals surface area contributed by atoms with Crippen molar-refractivity contribution in [2.75, 3.05) is 13.2 Å². The van der Waals surface area contributed by atoms with Crippen molar-refractivity contribution in [3.05, 3.63) is 23.7 Å². The molecule has 1 rings (SSSR count). The zero-order valence-corrected chi connectivity index (χ0v) is 10.9. The summed E-state index contributed by atoms with van der Waals surface area (Å²) in [7, 11) is 0. The molecule has 0 aromatic carbocycles. The fraction of sp³-hybridized carbons (Fsp3) is 0.500. The number of aromatic carboxylic acids is 1. The molecular weight excluding hydrogens is 252 g/mol. The van der Waals surface area contributed by atoms with Gasteiger partial charge in [-0.15, -0.1) is 0 Å². The topological polar surface area (TPSA) is 103 Å². The highest BCUT2D eigenvalue weighted by atomic mass is 16.4. The number of aliphatic hydroxyl groups is 1. The lowest BCUT2D eigenvalue weighted by Crippen LogP contribution is -2.45. The Morgan fingerprint density at radius 1 is 1.42 bits per heavy atom. The lowest BCUT2D eigenvalue weighted by Gasteiger charge is -2.25. The van der Waals surface area contributed by atoms with Crippen molar-refractivity contribution >= 4 is 12.0 Å². The molecule has 7 nitrogen and oxygen atoms in total. The number of carbonyl (C=O) groups excluding carboxylic acids is 1. The van der Waals surface area contributed by atoms with Crippen molar-refractivity contribution in [1.29, 1.82) is 0 Å². The lowest BCUT2D eigenvalue weighted by atomic mass is 10.3. The molecule has 19 heavy (non-hydrogen) atoms. The summed E-state index contributed by atoms with van der Waals surface area (Å²) in [4.78, 5) is 23.9. The first kappa shape index (κ1) is 15.0. The van der Waals surface area contributed by atoms with E-state index in [1.165, 1.54) is 17.0 Å². The van der Waals surface area contributed by atoms with Gasteiger partial charge in [0.15, 0.2) is 0 Å². The maximum atomic E-state index is 11.8. The molecule has 0 saturated heterocycles.